The van der Waals surface area contributed by atoms with Crippen LogP contribution in [0.15, 0.2) is 0 Å². The molecule has 0 N–H and O–H groups in total. The molecular formula is C21H34O5S3. The van der Waals surface area contributed by atoms with Gasteiger partial charge in [-0.15, -0.1) is 10.3 Å². The molecule has 0 radical (unpaired) electrons. The minimum Gasteiger partial charge on any atom is -0.299 e. The fraction of sp³-hybridized carbons (Fsp3) is 0.905. The number of thioether (sulfide) groups is 1. The van der Waals surface area contributed by atoms with Gasteiger partial charge in [0.25, 0.3) is 10.1 Å². The first-order chi connectivity index (χ1) is 13.6. The van der Waals surface area contributed by atoms with Crippen LogP contribution in [-0.4, -0.2) is 54.5 Å². The van der Waals surface area contributed by atoms with Crippen molar-refractivity contribution in [2.24, 2.45) is 22.7 Å². The summed E-state index contributed by atoms with van der Waals surface area (Å²) in [6.45, 7) is 4.10. The number of hydrogen-bond donors (Lipinski definition) is 0. The highest BCUT2D eigenvalue weighted by Gasteiger charge is 2.65. The van der Waals surface area contributed by atoms with Gasteiger partial charge in [0, 0.05) is 35.4 Å². The van der Waals surface area contributed by atoms with Crippen molar-refractivity contribution in [3.05, 3.63) is 0 Å². The van der Waals surface area contributed by atoms with E-state index in [2.05, 4.69) is 13.8 Å². The van der Waals surface area contributed by atoms with Crippen LogP contribution >= 0.6 is 22.1 Å². The molecule has 3 saturated carbocycles. The molecule has 0 amide bonds. The fourth-order valence-corrected chi connectivity index (χ4v) is 14.9. The lowest BCUT2D eigenvalue weighted by atomic mass is 9.70. The Morgan fingerprint density at radius 1 is 1.17 bits per heavy atom. The van der Waals surface area contributed by atoms with E-state index in [1.165, 1.54) is 0 Å². The average Bonchev–Trinajstić information content (AvgIpc) is 3.29. The Balaban J connectivity index is 1.53. The Morgan fingerprint density at radius 3 is 2.38 bits per heavy atom. The lowest BCUT2D eigenvalue weighted by Gasteiger charge is -2.42. The maximum absolute atomic E-state index is 13.3. The first-order valence-corrected chi connectivity index (χ1v) is 15.7. The van der Waals surface area contributed by atoms with Gasteiger partial charge < -0.3 is 0 Å². The van der Waals surface area contributed by atoms with Crippen molar-refractivity contribution in [3.63, 3.8) is 0 Å². The van der Waals surface area contributed by atoms with Crippen molar-refractivity contribution in [2.75, 3.05) is 34.5 Å². The first kappa shape index (κ1) is 22.2. The maximum atomic E-state index is 13.3. The Kier molecular flexibility index (Phi) is 5.97. The molecule has 1 heterocycles. The second-order valence-corrected chi connectivity index (χ2v) is 16.2. The van der Waals surface area contributed by atoms with E-state index >= 15 is 0 Å². The zero-order valence-corrected chi connectivity index (χ0v) is 20.1. The molecule has 2 bridgehead atoms. The van der Waals surface area contributed by atoms with Crippen LogP contribution in [-0.2, 0) is 23.3 Å². The van der Waals surface area contributed by atoms with Gasteiger partial charge in [-0.25, -0.2) is 3.63 Å². The number of rotatable bonds is 7. The summed E-state index contributed by atoms with van der Waals surface area (Å²) >= 11 is 1.81. The Hall–Kier alpha value is -0.0500. The molecule has 1 saturated heterocycles. The third-order valence-electron chi connectivity index (χ3n) is 8.23. The Bertz CT molecular complexity index is 778. The highest BCUT2D eigenvalue weighted by molar-refractivity contribution is 8.34. The van der Waals surface area contributed by atoms with Crippen molar-refractivity contribution in [1.82, 2.24) is 0 Å². The van der Waals surface area contributed by atoms with E-state index in [1.54, 1.807) is 11.8 Å². The Morgan fingerprint density at radius 2 is 1.83 bits per heavy atom. The van der Waals surface area contributed by atoms with Gasteiger partial charge in [-0.05, 0) is 37.0 Å². The van der Waals surface area contributed by atoms with Crippen LogP contribution in [0.2, 0.25) is 0 Å². The summed E-state index contributed by atoms with van der Waals surface area (Å²) in [5.41, 5.74) is -1.11. The van der Waals surface area contributed by atoms with Gasteiger partial charge in [-0.3, -0.25) is 9.59 Å². The topological polar surface area (TPSA) is 77.5 Å². The zero-order valence-electron chi connectivity index (χ0n) is 17.6. The highest BCUT2D eigenvalue weighted by atomic mass is 32.3. The number of carbonyl (C=O) groups is 2. The summed E-state index contributed by atoms with van der Waals surface area (Å²) in [7, 11) is -5.86. The monoisotopic (exact) mass is 462 g/mol. The maximum Gasteiger partial charge on any atom is 0.277 e. The number of Topliss-reactive ketones (excluding diaryl/α,β-unsaturated/α-hetero) is 2. The second-order valence-electron chi connectivity index (χ2n) is 10.0. The summed E-state index contributed by atoms with van der Waals surface area (Å²) in [4.78, 5) is 25.7. The SMILES string of the molecule is CC1(C)C2CCC1(CS(=O)(=O)OS1(CC(=O)C3CCCC3)CCSCC1)C(=O)C2. The lowest BCUT2D eigenvalue weighted by molar-refractivity contribution is -0.128. The second kappa shape index (κ2) is 7.82. The number of ketones is 2. The summed E-state index contributed by atoms with van der Waals surface area (Å²) in [5, 5.41) is 0. The van der Waals surface area contributed by atoms with Crippen LogP contribution in [0.3, 0.4) is 0 Å². The van der Waals surface area contributed by atoms with Gasteiger partial charge in [-0.1, -0.05) is 26.7 Å². The van der Waals surface area contributed by atoms with Crippen molar-refractivity contribution < 1.29 is 21.6 Å². The molecule has 0 aromatic carbocycles. The molecule has 4 aliphatic rings. The first-order valence-electron chi connectivity index (χ1n) is 10.9. The zero-order chi connectivity index (χ0) is 20.9. The van der Waals surface area contributed by atoms with Crippen molar-refractivity contribution >= 4 is 43.8 Å². The van der Waals surface area contributed by atoms with Gasteiger partial charge in [-0.2, -0.15) is 20.2 Å². The molecule has 166 valence electrons. The number of hydrogen-bond acceptors (Lipinski definition) is 6. The predicted octanol–water partition coefficient (Wildman–Crippen LogP) is 3.95. The van der Waals surface area contributed by atoms with Crippen molar-refractivity contribution in [2.45, 2.75) is 58.8 Å². The van der Waals surface area contributed by atoms with Crippen molar-refractivity contribution in [3.8, 4) is 0 Å². The third-order valence-corrected chi connectivity index (χ3v) is 15.3. The molecule has 5 nitrogen and oxygen atoms in total. The molecule has 4 rings (SSSR count). The Labute approximate surface area is 181 Å². The van der Waals surface area contributed by atoms with Crippen molar-refractivity contribution in [1.29, 1.82) is 0 Å². The lowest BCUT2D eigenvalue weighted by Crippen LogP contribution is -2.43. The van der Waals surface area contributed by atoms with Gasteiger partial charge in [0.05, 0.1) is 16.9 Å². The minimum atomic E-state index is -3.89. The highest BCUT2D eigenvalue weighted by Crippen LogP contribution is 2.65. The van der Waals surface area contributed by atoms with E-state index in [9.17, 15) is 18.0 Å². The molecular weight excluding hydrogens is 428 g/mol. The largest absolute Gasteiger partial charge is 0.299 e. The van der Waals surface area contributed by atoms with Gasteiger partial charge in [0.2, 0.25) is 0 Å². The standard InChI is InChI=1S/C21H34O5S3/c1-20(2)17-7-8-21(20,19(23)13-17)15-29(24,25)26-28(11-9-27-10-12-28)14-18(22)16-5-3-4-6-16/h16-17H,3-15H2,1-2H3. The fourth-order valence-electron chi connectivity index (χ4n) is 6.14. The van der Waals surface area contributed by atoms with E-state index in [-0.39, 0.29) is 40.3 Å². The van der Waals surface area contributed by atoms with Crippen LogP contribution in [0.25, 0.3) is 0 Å². The molecule has 29 heavy (non-hydrogen) atoms. The van der Waals surface area contributed by atoms with Crippen LogP contribution in [0.5, 0.6) is 0 Å². The summed E-state index contributed by atoms with van der Waals surface area (Å²) in [6, 6.07) is 0. The van der Waals surface area contributed by atoms with Gasteiger partial charge in [0.15, 0.2) is 0 Å². The third kappa shape index (κ3) is 3.96. The molecule has 1 aliphatic heterocycles. The quantitative estimate of drug-likeness (QED) is 0.570. The molecule has 8 heteroatoms. The molecule has 0 spiro atoms. The molecule has 4 fully saturated rings. The molecule has 0 aromatic rings. The van der Waals surface area contributed by atoms with E-state index in [0.717, 1.165) is 43.6 Å². The summed E-state index contributed by atoms with van der Waals surface area (Å²) in [5.74, 6) is 3.77. The number of fused-ring (bicyclic) bond motifs is 2. The molecule has 0 aromatic heterocycles. The van der Waals surface area contributed by atoms with E-state index in [0.29, 0.717) is 24.3 Å². The van der Waals surface area contributed by atoms with E-state index in [1.807, 2.05) is 0 Å². The normalized spacial score (nSPS) is 35.1. The summed E-state index contributed by atoms with van der Waals surface area (Å²) < 4.78 is 32.6. The molecule has 3 aliphatic carbocycles. The smallest absolute Gasteiger partial charge is 0.277 e. The predicted molar refractivity (Wildman–Crippen MR) is 120 cm³/mol. The molecule has 2 unspecified atom stereocenters. The van der Waals surface area contributed by atoms with Crippen LogP contribution in [0.4, 0.5) is 0 Å². The van der Waals surface area contributed by atoms with Crippen LogP contribution < -0.4 is 0 Å². The van der Waals surface area contributed by atoms with E-state index < -0.39 is 25.8 Å². The van der Waals surface area contributed by atoms with Crippen LogP contribution in [0, 0.1) is 22.7 Å². The molecule has 2 atom stereocenters. The average molecular weight is 463 g/mol. The van der Waals surface area contributed by atoms with E-state index in [4.69, 9.17) is 3.63 Å². The summed E-state index contributed by atoms with van der Waals surface area (Å²) in [6.07, 6.45) is 6.11. The minimum absolute atomic E-state index is 0.0878. The van der Waals surface area contributed by atoms with Gasteiger partial charge in [0.1, 0.15) is 11.6 Å². The van der Waals surface area contributed by atoms with Gasteiger partial charge >= 0.3 is 0 Å². The number of carbonyl (C=O) groups excluding carboxylic acids is 2. The van der Waals surface area contributed by atoms with Crippen LogP contribution in [0.1, 0.15) is 58.8 Å².